The molecule has 3 aromatic carbocycles. The number of thioether (sulfide) groups is 1. The summed E-state index contributed by atoms with van der Waals surface area (Å²) in [7, 11) is 0. The molecule has 0 aliphatic rings. The molecule has 172 valence electrons. The molecular weight excluding hydrogens is 477 g/mol. The fourth-order valence-electron chi connectivity index (χ4n) is 3.14. The molecule has 0 unspecified atom stereocenters. The molecule has 4 aromatic rings. The first kappa shape index (κ1) is 23.5. The average Bonchev–Trinajstić information content (AvgIpc) is 3.24. The monoisotopic (exact) mass is 495 g/mol. The Morgan fingerprint density at radius 2 is 1.71 bits per heavy atom. The van der Waals surface area contributed by atoms with E-state index in [1.165, 1.54) is 12.1 Å². The number of nitrogens with one attached hydrogen (secondary N) is 2. The zero-order valence-corrected chi connectivity index (χ0v) is 19.3. The smallest absolute Gasteiger partial charge is 0.269 e. The molecule has 1 heterocycles. The highest BCUT2D eigenvalue weighted by Crippen LogP contribution is 2.27. The van der Waals surface area contributed by atoms with Crippen LogP contribution < -0.4 is 10.9 Å². The summed E-state index contributed by atoms with van der Waals surface area (Å²) in [6.07, 6.45) is 0. The maximum atomic E-state index is 14.5. The summed E-state index contributed by atoms with van der Waals surface area (Å²) in [6.45, 7) is 0.396. The summed E-state index contributed by atoms with van der Waals surface area (Å²) in [4.78, 5) is 24.5. The molecule has 0 aliphatic carbocycles. The maximum Gasteiger partial charge on any atom is 0.269 e. The number of halogens is 2. The molecule has 0 radical (unpaired) electrons. The van der Waals surface area contributed by atoms with E-state index >= 15 is 0 Å². The van der Waals surface area contributed by atoms with Crippen molar-refractivity contribution in [2.75, 3.05) is 5.75 Å². The molecular formula is C24H19ClFN5O2S. The zero-order valence-electron chi connectivity index (χ0n) is 17.7. The van der Waals surface area contributed by atoms with E-state index < -0.39 is 17.6 Å². The quantitative estimate of drug-likeness (QED) is 0.294. The zero-order chi connectivity index (χ0) is 23.9. The summed E-state index contributed by atoms with van der Waals surface area (Å²) in [5, 5.41) is 9.22. The predicted molar refractivity (Wildman–Crippen MR) is 129 cm³/mol. The van der Waals surface area contributed by atoms with E-state index in [0.29, 0.717) is 33.7 Å². The molecule has 4 rings (SSSR count). The second-order valence-electron chi connectivity index (χ2n) is 7.16. The van der Waals surface area contributed by atoms with Crippen LogP contribution in [0.1, 0.15) is 15.9 Å². The molecule has 0 atom stereocenters. The molecule has 2 amide bonds. The number of benzene rings is 3. The van der Waals surface area contributed by atoms with E-state index in [-0.39, 0.29) is 5.75 Å². The molecule has 34 heavy (non-hydrogen) atoms. The predicted octanol–water partition coefficient (Wildman–Crippen LogP) is 4.34. The van der Waals surface area contributed by atoms with Crippen molar-refractivity contribution in [1.29, 1.82) is 0 Å². The Morgan fingerprint density at radius 3 is 2.47 bits per heavy atom. The highest BCUT2D eigenvalue weighted by molar-refractivity contribution is 7.99. The third kappa shape index (κ3) is 5.81. The van der Waals surface area contributed by atoms with Gasteiger partial charge in [0, 0.05) is 10.6 Å². The number of aromatic nitrogens is 3. The van der Waals surface area contributed by atoms with E-state index in [4.69, 9.17) is 11.6 Å². The molecule has 2 N–H and O–H groups in total. The molecule has 0 aliphatic heterocycles. The van der Waals surface area contributed by atoms with Crippen molar-refractivity contribution in [2.45, 2.75) is 11.7 Å². The number of carbonyl (C=O) groups excluding carboxylic acids is 2. The average molecular weight is 496 g/mol. The largest absolute Gasteiger partial charge is 0.297 e. The summed E-state index contributed by atoms with van der Waals surface area (Å²) in [5.74, 6) is -1.03. The Balaban J connectivity index is 1.46. The number of carbonyl (C=O) groups is 2. The van der Waals surface area contributed by atoms with Gasteiger partial charge in [0.05, 0.1) is 17.9 Å². The van der Waals surface area contributed by atoms with Crippen LogP contribution in [0.15, 0.2) is 84.0 Å². The van der Waals surface area contributed by atoms with Crippen molar-refractivity contribution in [2.24, 2.45) is 0 Å². The number of hydrogen-bond acceptors (Lipinski definition) is 5. The fourth-order valence-corrected chi connectivity index (χ4v) is 4.07. The van der Waals surface area contributed by atoms with Gasteiger partial charge in [0.2, 0.25) is 5.91 Å². The van der Waals surface area contributed by atoms with E-state index in [0.717, 1.165) is 17.3 Å². The standard InChI is InChI=1S/C24H19ClFN5O2S/c25-18-10-6-9-17(13-18)23(33)29-27-21(32)15-34-24-30-28-22(19-11-4-5-12-20(19)26)31(24)14-16-7-2-1-3-8-16/h1-13H,14-15H2,(H,27,32)(H,29,33). The number of amides is 2. The van der Waals surface area contributed by atoms with E-state index in [2.05, 4.69) is 21.0 Å². The van der Waals surface area contributed by atoms with Crippen LogP contribution in [0.4, 0.5) is 4.39 Å². The van der Waals surface area contributed by atoms with Gasteiger partial charge in [-0.1, -0.05) is 71.9 Å². The SMILES string of the molecule is O=C(CSc1nnc(-c2ccccc2F)n1Cc1ccccc1)NNC(=O)c1cccc(Cl)c1. The lowest BCUT2D eigenvalue weighted by atomic mass is 10.2. The second-order valence-corrected chi connectivity index (χ2v) is 8.54. The van der Waals surface area contributed by atoms with Gasteiger partial charge in [0.1, 0.15) is 5.82 Å². The maximum absolute atomic E-state index is 14.5. The first-order chi connectivity index (χ1) is 16.5. The summed E-state index contributed by atoms with van der Waals surface area (Å²) >= 11 is 7.02. The first-order valence-electron chi connectivity index (χ1n) is 10.2. The number of hydrazine groups is 1. The van der Waals surface area contributed by atoms with Crippen LogP contribution in [0.25, 0.3) is 11.4 Å². The molecule has 0 fully saturated rings. The lowest BCUT2D eigenvalue weighted by molar-refractivity contribution is -0.119. The molecule has 0 spiro atoms. The normalized spacial score (nSPS) is 10.6. The van der Waals surface area contributed by atoms with Gasteiger partial charge in [-0.25, -0.2) is 4.39 Å². The van der Waals surface area contributed by atoms with Crippen molar-refractivity contribution in [3.8, 4) is 11.4 Å². The highest BCUT2D eigenvalue weighted by Gasteiger charge is 2.18. The minimum Gasteiger partial charge on any atom is -0.297 e. The van der Waals surface area contributed by atoms with Crippen molar-refractivity contribution in [3.05, 3.63) is 101 Å². The van der Waals surface area contributed by atoms with Crippen molar-refractivity contribution in [3.63, 3.8) is 0 Å². The summed E-state index contributed by atoms with van der Waals surface area (Å²) in [5.41, 5.74) is 6.33. The first-order valence-corrected chi connectivity index (χ1v) is 11.6. The van der Waals surface area contributed by atoms with Gasteiger partial charge >= 0.3 is 0 Å². The van der Waals surface area contributed by atoms with Gasteiger partial charge < -0.3 is 0 Å². The molecule has 10 heteroatoms. The third-order valence-electron chi connectivity index (χ3n) is 4.75. The minimum absolute atomic E-state index is 0.0416. The van der Waals surface area contributed by atoms with Gasteiger partial charge in [-0.15, -0.1) is 10.2 Å². The second kappa shape index (κ2) is 11.0. The van der Waals surface area contributed by atoms with Crippen molar-refractivity contribution >= 4 is 35.2 Å². The highest BCUT2D eigenvalue weighted by atomic mass is 35.5. The van der Waals surface area contributed by atoms with Gasteiger partial charge in [-0.05, 0) is 35.9 Å². The van der Waals surface area contributed by atoms with E-state index in [1.807, 2.05) is 30.3 Å². The Labute approximate surface area is 204 Å². The number of hydrogen-bond donors (Lipinski definition) is 2. The Kier molecular flexibility index (Phi) is 7.56. The fraction of sp³-hybridized carbons (Fsp3) is 0.0833. The van der Waals surface area contributed by atoms with Crippen LogP contribution >= 0.6 is 23.4 Å². The minimum atomic E-state index is -0.491. The number of nitrogens with zero attached hydrogens (tertiary/aromatic N) is 3. The van der Waals surface area contributed by atoms with Gasteiger partial charge in [0.25, 0.3) is 5.91 Å². The molecule has 0 saturated heterocycles. The van der Waals surface area contributed by atoms with Crippen molar-refractivity contribution in [1.82, 2.24) is 25.6 Å². The van der Waals surface area contributed by atoms with Crippen LogP contribution in [0.5, 0.6) is 0 Å². The van der Waals surface area contributed by atoms with Crippen LogP contribution in [0.3, 0.4) is 0 Å². The third-order valence-corrected chi connectivity index (χ3v) is 5.95. The van der Waals surface area contributed by atoms with Crippen LogP contribution in [0.2, 0.25) is 5.02 Å². The van der Waals surface area contributed by atoms with Crippen molar-refractivity contribution < 1.29 is 14.0 Å². The van der Waals surface area contributed by atoms with Gasteiger partial charge in [-0.3, -0.25) is 25.0 Å². The Morgan fingerprint density at radius 1 is 0.941 bits per heavy atom. The van der Waals surface area contributed by atoms with Crippen LogP contribution in [0, 0.1) is 5.82 Å². The molecule has 0 saturated carbocycles. The van der Waals surface area contributed by atoms with E-state index in [1.54, 1.807) is 41.0 Å². The van der Waals surface area contributed by atoms with Gasteiger partial charge in [-0.2, -0.15) is 0 Å². The van der Waals surface area contributed by atoms with Gasteiger partial charge in [0.15, 0.2) is 11.0 Å². The summed E-state index contributed by atoms with van der Waals surface area (Å²) in [6, 6.07) is 22.3. The van der Waals surface area contributed by atoms with Crippen LogP contribution in [-0.2, 0) is 11.3 Å². The Hall–Kier alpha value is -3.69. The molecule has 7 nitrogen and oxygen atoms in total. The molecule has 1 aromatic heterocycles. The lowest BCUT2D eigenvalue weighted by Gasteiger charge is -2.11. The Bertz CT molecular complexity index is 1320. The van der Waals surface area contributed by atoms with E-state index in [9.17, 15) is 14.0 Å². The lowest BCUT2D eigenvalue weighted by Crippen LogP contribution is -2.42. The van der Waals surface area contributed by atoms with Crippen LogP contribution in [-0.4, -0.2) is 32.3 Å². The number of rotatable bonds is 7. The molecule has 0 bridgehead atoms. The topological polar surface area (TPSA) is 88.9 Å². The summed E-state index contributed by atoms with van der Waals surface area (Å²) < 4.78 is 16.2.